The van der Waals surface area contributed by atoms with E-state index < -0.39 is 29.0 Å². The molecule has 28 heavy (non-hydrogen) atoms. The number of pyridine rings is 1. The molecule has 142 valence electrons. The maximum Gasteiger partial charge on any atom is 0.248 e. The maximum absolute atomic E-state index is 13.6. The number of nitrogens with zero attached hydrogens (tertiary/aromatic N) is 1. The number of benzene rings is 2. The van der Waals surface area contributed by atoms with Gasteiger partial charge in [0.1, 0.15) is 12.4 Å². The van der Waals surface area contributed by atoms with Crippen molar-refractivity contribution in [3.05, 3.63) is 95.6 Å². The quantitative estimate of drug-likeness (QED) is 0.494. The number of ether oxygens (including phenoxy) is 1. The van der Waals surface area contributed by atoms with Gasteiger partial charge in [0.25, 0.3) is 0 Å². The monoisotopic (exact) mass is 384 g/mol. The molecule has 1 N–H and O–H groups in total. The summed E-state index contributed by atoms with van der Waals surface area (Å²) in [6.07, 6.45) is 4.34. The average molecular weight is 384 g/mol. The normalized spacial score (nSPS) is 10.8. The smallest absolute Gasteiger partial charge is 0.248 e. The van der Waals surface area contributed by atoms with Crippen LogP contribution in [-0.2, 0) is 11.4 Å². The van der Waals surface area contributed by atoms with E-state index in [1.165, 1.54) is 6.08 Å². The van der Waals surface area contributed by atoms with E-state index in [-0.39, 0.29) is 0 Å². The van der Waals surface area contributed by atoms with Gasteiger partial charge in [-0.2, -0.15) is 0 Å². The van der Waals surface area contributed by atoms with E-state index >= 15 is 0 Å². The van der Waals surface area contributed by atoms with Crippen molar-refractivity contribution in [3.8, 4) is 5.75 Å². The molecule has 0 radical (unpaired) electrons. The summed E-state index contributed by atoms with van der Waals surface area (Å²) >= 11 is 0. The Bertz CT molecular complexity index is 991. The van der Waals surface area contributed by atoms with Gasteiger partial charge in [-0.25, -0.2) is 13.2 Å². The number of hydrogen-bond acceptors (Lipinski definition) is 3. The Morgan fingerprint density at radius 2 is 1.79 bits per heavy atom. The predicted molar refractivity (Wildman–Crippen MR) is 99.0 cm³/mol. The standard InChI is InChI=1S/C21H15F3N2O2/c22-17-9-10-18(21(24)20(17)23)26-19(27)11-6-14-4-7-16(8-5-14)28-13-15-3-1-2-12-25-15/h1-12H,13H2,(H,26,27)/b11-6+. The Morgan fingerprint density at radius 3 is 2.50 bits per heavy atom. The van der Waals surface area contributed by atoms with Gasteiger partial charge in [-0.15, -0.1) is 0 Å². The Labute approximate surface area is 159 Å². The second kappa shape index (κ2) is 8.85. The van der Waals surface area contributed by atoms with Crippen molar-refractivity contribution < 1.29 is 22.7 Å². The van der Waals surface area contributed by atoms with Crippen LogP contribution in [0.3, 0.4) is 0 Å². The number of halogens is 3. The Morgan fingerprint density at radius 1 is 1.00 bits per heavy atom. The number of amides is 1. The van der Waals surface area contributed by atoms with E-state index in [1.54, 1.807) is 30.5 Å². The molecule has 7 heteroatoms. The minimum Gasteiger partial charge on any atom is -0.487 e. The van der Waals surface area contributed by atoms with Gasteiger partial charge in [0.05, 0.1) is 11.4 Å². The third-order valence-electron chi connectivity index (χ3n) is 3.71. The number of anilines is 1. The molecule has 0 aliphatic carbocycles. The summed E-state index contributed by atoms with van der Waals surface area (Å²) in [6, 6.07) is 14.2. The number of rotatable bonds is 6. The molecule has 0 aliphatic rings. The molecule has 0 atom stereocenters. The largest absolute Gasteiger partial charge is 0.487 e. The van der Waals surface area contributed by atoms with Crippen LogP contribution in [0.2, 0.25) is 0 Å². The van der Waals surface area contributed by atoms with Crippen LogP contribution < -0.4 is 10.1 Å². The molecule has 2 aromatic carbocycles. The van der Waals surface area contributed by atoms with Crippen LogP contribution in [0.4, 0.5) is 18.9 Å². The molecule has 1 amide bonds. The van der Waals surface area contributed by atoms with E-state index in [4.69, 9.17) is 4.74 Å². The van der Waals surface area contributed by atoms with Crippen molar-refractivity contribution in [2.75, 3.05) is 5.32 Å². The molecule has 3 aromatic rings. The highest BCUT2D eigenvalue weighted by Crippen LogP contribution is 2.20. The van der Waals surface area contributed by atoms with Crippen LogP contribution in [0, 0.1) is 17.5 Å². The zero-order valence-electron chi connectivity index (χ0n) is 14.5. The van der Waals surface area contributed by atoms with E-state index in [2.05, 4.69) is 10.3 Å². The molecule has 0 unspecified atom stereocenters. The summed E-state index contributed by atoms with van der Waals surface area (Å²) in [5.41, 5.74) is 1.06. The lowest BCUT2D eigenvalue weighted by Crippen LogP contribution is -2.10. The summed E-state index contributed by atoms with van der Waals surface area (Å²) in [5, 5.41) is 2.16. The second-order valence-electron chi connectivity index (χ2n) is 5.72. The van der Waals surface area contributed by atoms with Gasteiger partial charge >= 0.3 is 0 Å². The summed E-state index contributed by atoms with van der Waals surface area (Å²) in [7, 11) is 0. The zero-order chi connectivity index (χ0) is 19.9. The Kier molecular flexibility index (Phi) is 6.06. The van der Waals surface area contributed by atoms with Gasteiger partial charge in [0.15, 0.2) is 17.5 Å². The SMILES string of the molecule is O=C(/C=C/c1ccc(OCc2ccccn2)cc1)Nc1ccc(F)c(F)c1F. The maximum atomic E-state index is 13.6. The van der Waals surface area contributed by atoms with Gasteiger partial charge in [0, 0.05) is 12.3 Å². The van der Waals surface area contributed by atoms with Crippen LogP contribution >= 0.6 is 0 Å². The minimum absolute atomic E-state index is 0.332. The predicted octanol–water partition coefficient (Wildman–Crippen LogP) is 4.73. The lowest BCUT2D eigenvalue weighted by Gasteiger charge is -2.06. The van der Waals surface area contributed by atoms with Crippen LogP contribution in [0.25, 0.3) is 6.08 Å². The summed E-state index contributed by atoms with van der Waals surface area (Å²) in [4.78, 5) is 16.0. The second-order valence-corrected chi connectivity index (χ2v) is 5.72. The summed E-state index contributed by atoms with van der Waals surface area (Å²) in [6.45, 7) is 0.332. The lowest BCUT2D eigenvalue weighted by molar-refractivity contribution is -0.111. The van der Waals surface area contributed by atoms with Crippen molar-refractivity contribution in [2.24, 2.45) is 0 Å². The van der Waals surface area contributed by atoms with Gasteiger partial charge in [-0.3, -0.25) is 9.78 Å². The highest BCUT2D eigenvalue weighted by Gasteiger charge is 2.14. The first-order valence-corrected chi connectivity index (χ1v) is 8.28. The topological polar surface area (TPSA) is 51.2 Å². The molecule has 0 aliphatic heterocycles. The average Bonchev–Trinajstić information content (AvgIpc) is 2.73. The molecule has 1 aromatic heterocycles. The van der Waals surface area contributed by atoms with Crippen molar-refractivity contribution in [3.63, 3.8) is 0 Å². The molecule has 0 spiro atoms. The van der Waals surface area contributed by atoms with Crippen LogP contribution in [-0.4, -0.2) is 10.9 Å². The molecule has 0 bridgehead atoms. The molecule has 3 rings (SSSR count). The molecular formula is C21H15F3N2O2. The minimum atomic E-state index is -1.64. The molecule has 4 nitrogen and oxygen atoms in total. The highest BCUT2D eigenvalue weighted by atomic mass is 19.2. The van der Waals surface area contributed by atoms with Crippen molar-refractivity contribution >= 4 is 17.7 Å². The fraction of sp³-hybridized carbons (Fsp3) is 0.0476. The summed E-state index contributed by atoms with van der Waals surface area (Å²) in [5.74, 6) is -4.45. The number of aromatic nitrogens is 1. The van der Waals surface area contributed by atoms with Crippen molar-refractivity contribution in [2.45, 2.75) is 6.61 Å². The molecule has 0 saturated carbocycles. The van der Waals surface area contributed by atoms with Gasteiger partial charge in [0.2, 0.25) is 5.91 Å². The first kappa shape index (κ1) is 19.2. The fourth-order valence-corrected chi connectivity index (χ4v) is 2.28. The van der Waals surface area contributed by atoms with E-state index in [0.29, 0.717) is 17.9 Å². The first-order chi connectivity index (χ1) is 13.5. The van der Waals surface area contributed by atoms with E-state index in [0.717, 1.165) is 23.9 Å². The van der Waals surface area contributed by atoms with E-state index in [9.17, 15) is 18.0 Å². The van der Waals surface area contributed by atoms with Crippen molar-refractivity contribution in [1.82, 2.24) is 4.98 Å². The fourth-order valence-electron chi connectivity index (χ4n) is 2.28. The van der Waals surface area contributed by atoms with Gasteiger partial charge < -0.3 is 10.1 Å². The zero-order valence-corrected chi connectivity index (χ0v) is 14.5. The molecule has 0 fully saturated rings. The van der Waals surface area contributed by atoms with Gasteiger partial charge in [-0.05, 0) is 48.0 Å². The lowest BCUT2D eigenvalue weighted by atomic mass is 10.2. The first-order valence-electron chi connectivity index (χ1n) is 8.28. The Balaban J connectivity index is 1.56. The molecule has 0 saturated heterocycles. The van der Waals surface area contributed by atoms with Gasteiger partial charge in [-0.1, -0.05) is 18.2 Å². The number of hydrogen-bond donors (Lipinski definition) is 1. The Hall–Kier alpha value is -3.61. The number of nitrogens with one attached hydrogen (secondary N) is 1. The number of carbonyl (C=O) groups excluding carboxylic acids is 1. The van der Waals surface area contributed by atoms with Crippen molar-refractivity contribution in [1.29, 1.82) is 0 Å². The third kappa shape index (κ3) is 4.97. The molecular weight excluding hydrogens is 369 g/mol. The summed E-state index contributed by atoms with van der Waals surface area (Å²) < 4.78 is 45.2. The van der Waals surface area contributed by atoms with Crippen LogP contribution in [0.5, 0.6) is 5.75 Å². The molecule has 1 heterocycles. The third-order valence-corrected chi connectivity index (χ3v) is 3.71. The van der Waals surface area contributed by atoms with E-state index in [1.807, 2.05) is 18.2 Å². The highest BCUT2D eigenvalue weighted by molar-refractivity contribution is 6.02. The van der Waals surface area contributed by atoms with Crippen LogP contribution in [0.1, 0.15) is 11.3 Å². The number of carbonyl (C=O) groups is 1. The van der Waals surface area contributed by atoms with Crippen LogP contribution in [0.15, 0.2) is 66.9 Å².